The average Bonchev–Trinajstić information content (AvgIpc) is 2.63. The van der Waals surface area contributed by atoms with Gasteiger partial charge in [0.2, 0.25) is 5.75 Å². The van der Waals surface area contributed by atoms with Crippen molar-refractivity contribution in [3.8, 4) is 28.7 Å². The number of phenolic OH excluding ortho intramolecular Hbond substituents is 3. The minimum absolute atomic E-state index is 0.0847. The zero-order valence-electron chi connectivity index (χ0n) is 14.7. The molecule has 2 aromatic carbocycles. The van der Waals surface area contributed by atoms with Crippen LogP contribution in [0.15, 0.2) is 30.3 Å². The van der Waals surface area contributed by atoms with Crippen LogP contribution in [0.3, 0.4) is 0 Å². The monoisotopic (exact) mass is 362 g/mol. The van der Waals surface area contributed by atoms with Crippen LogP contribution in [0.2, 0.25) is 0 Å². The number of esters is 1. The van der Waals surface area contributed by atoms with Crippen LogP contribution in [0, 0.1) is 0 Å². The highest BCUT2D eigenvalue weighted by molar-refractivity contribution is 5.70. The molecule has 0 fully saturated rings. The van der Waals surface area contributed by atoms with E-state index in [4.69, 9.17) is 14.2 Å². The summed E-state index contributed by atoms with van der Waals surface area (Å²) in [5.41, 5.74) is 1.53. The van der Waals surface area contributed by atoms with E-state index >= 15 is 0 Å². The number of ether oxygens (including phenoxy) is 3. The Balaban J connectivity index is 1.84. The molecule has 0 heterocycles. The van der Waals surface area contributed by atoms with Gasteiger partial charge in [0.05, 0.1) is 20.8 Å². The third-order valence-electron chi connectivity index (χ3n) is 3.85. The smallest absolute Gasteiger partial charge is 0.306 e. The summed E-state index contributed by atoms with van der Waals surface area (Å²) in [5, 5.41) is 28.6. The van der Waals surface area contributed by atoms with Crippen molar-refractivity contribution < 1.29 is 34.3 Å². The molecule has 0 spiro atoms. The van der Waals surface area contributed by atoms with E-state index < -0.39 is 0 Å². The molecule has 7 heteroatoms. The van der Waals surface area contributed by atoms with Crippen molar-refractivity contribution in [3.63, 3.8) is 0 Å². The molecule has 2 aromatic rings. The third-order valence-corrected chi connectivity index (χ3v) is 3.85. The molecule has 0 saturated carbocycles. The Morgan fingerprint density at radius 3 is 2.12 bits per heavy atom. The Morgan fingerprint density at radius 1 is 0.885 bits per heavy atom. The zero-order chi connectivity index (χ0) is 19.1. The maximum atomic E-state index is 11.9. The zero-order valence-corrected chi connectivity index (χ0v) is 14.7. The quantitative estimate of drug-likeness (QED) is 0.489. The molecule has 0 aliphatic carbocycles. The van der Waals surface area contributed by atoms with Crippen LogP contribution in [-0.2, 0) is 22.4 Å². The van der Waals surface area contributed by atoms with Gasteiger partial charge in [0.15, 0.2) is 23.0 Å². The minimum Gasteiger partial charge on any atom is -0.504 e. The lowest BCUT2D eigenvalue weighted by Gasteiger charge is -2.11. The fraction of sp³-hybridized carbons (Fsp3) is 0.316. The first-order valence-electron chi connectivity index (χ1n) is 8.05. The lowest BCUT2D eigenvalue weighted by molar-refractivity contribution is -0.143. The Bertz CT molecular complexity index is 745. The number of aryl methyl sites for hydroxylation is 1. The number of benzene rings is 2. The van der Waals surface area contributed by atoms with Crippen molar-refractivity contribution in [2.24, 2.45) is 0 Å². The first-order chi connectivity index (χ1) is 12.4. The number of aromatic hydroxyl groups is 3. The molecule has 3 N–H and O–H groups in total. The van der Waals surface area contributed by atoms with E-state index in [1.54, 1.807) is 18.2 Å². The van der Waals surface area contributed by atoms with Gasteiger partial charge in [-0.1, -0.05) is 6.07 Å². The number of hydrogen-bond donors (Lipinski definition) is 3. The van der Waals surface area contributed by atoms with Crippen LogP contribution in [-0.4, -0.2) is 42.1 Å². The van der Waals surface area contributed by atoms with Crippen LogP contribution in [0.5, 0.6) is 28.7 Å². The van der Waals surface area contributed by atoms with E-state index in [0.717, 1.165) is 11.1 Å². The van der Waals surface area contributed by atoms with Gasteiger partial charge in [-0.05, 0) is 41.8 Å². The third kappa shape index (κ3) is 4.95. The molecule has 7 nitrogen and oxygen atoms in total. The normalized spacial score (nSPS) is 10.4. The summed E-state index contributed by atoms with van der Waals surface area (Å²) in [6.45, 7) is 0.172. The molecular formula is C19H22O7. The maximum Gasteiger partial charge on any atom is 0.306 e. The van der Waals surface area contributed by atoms with Crippen LogP contribution in [0.25, 0.3) is 0 Å². The fourth-order valence-corrected chi connectivity index (χ4v) is 2.42. The largest absolute Gasteiger partial charge is 0.504 e. The van der Waals surface area contributed by atoms with Gasteiger partial charge in [0.25, 0.3) is 0 Å². The van der Waals surface area contributed by atoms with E-state index in [9.17, 15) is 20.1 Å². The Labute approximate surface area is 151 Å². The van der Waals surface area contributed by atoms with E-state index in [0.29, 0.717) is 12.8 Å². The number of carbonyl (C=O) groups excluding carboxylic acids is 1. The Kier molecular flexibility index (Phi) is 6.54. The molecule has 2 rings (SSSR count). The summed E-state index contributed by atoms with van der Waals surface area (Å²) in [7, 11) is 2.88. The SMILES string of the molecule is COc1cc(CCC(=O)OCCc2ccc(O)c(O)c2)cc(OC)c1O. The summed E-state index contributed by atoms with van der Waals surface area (Å²) >= 11 is 0. The van der Waals surface area contributed by atoms with Gasteiger partial charge in [-0.15, -0.1) is 0 Å². The molecule has 0 saturated heterocycles. The predicted octanol–water partition coefficient (Wildman–Crippen LogP) is 2.54. The number of rotatable bonds is 8. The summed E-state index contributed by atoms with van der Waals surface area (Å²) in [5.74, 6) is -0.285. The second kappa shape index (κ2) is 8.84. The molecule has 0 radical (unpaired) electrons. The number of hydrogen-bond acceptors (Lipinski definition) is 7. The first kappa shape index (κ1) is 19.2. The molecule has 140 valence electrons. The maximum absolute atomic E-state index is 11.9. The van der Waals surface area contributed by atoms with E-state index in [1.807, 2.05) is 0 Å². The topological polar surface area (TPSA) is 105 Å². The highest BCUT2D eigenvalue weighted by atomic mass is 16.5. The van der Waals surface area contributed by atoms with Gasteiger partial charge >= 0.3 is 5.97 Å². The standard InChI is InChI=1S/C19H22O7/c1-24-16-10-13(11-17(25-2)19(16)23)4-6-18(22)26-8-7-12-3-5-14(20)15(21)9-12/h3,5,9-11,20-21,23H,4,6-8H2,1-2H3. The number of methoxy groups -OCH3 is 2. The lowest BCUT2D eigenvalue weighted by Crippen LogP contribution is -2.09. The van der Waals surface area contributed by atoms with Crippen LogP contribution in [0.1, 0.15) is 17.5 Å². The average molecular weight is 362 g/mol. The minimum atomic E-state index is -0.362. The van der Waals surface area contributed by atoms with Gasteiger partial charge < -0.3 is 29.5 Å². The molecule has 0 bridgehead atoms. The second-order valence-corrected chi connectivity index (χ2v) is 5.64. The van der Waals surface area contributed by atoms with Crippen LogP contribution < -0.4 is 9.47 Å². The lowest BCUT2D eigenvalue weighted by atomic mass is 10.1. The fourth-order valence-electron chi connectivity index (χ4n) is 2.42. The van der Waals surface area contributed by atoms with Gasteiger partial charge in [0.1, 0.15) is 0 Å². The van der Waals surface area contributed by atoms with E-state index in [-0.39, 0.29) is 47.7 Å². The molecule has 0 aromatic heterocycles. The van der Waals surface area contributed by atoms with Crippen molar-refractivity contribution in [2.45, 2.75) is 19.3 Å². The van der Waals surface area contributed by atoms with Gasteiger partial charge in [0, 0.05) is 12.8 Å². The summed E-state index contributed by atoms with van der Waals surface area (Å²) in [4.78, 5) is 11.9. The molecule has 0 aliphatic rings. The van der Waals surface area contributed by atoms with Crippen molar-refractivity contribution >= 4 is 5.97 Å². The van der Waals surface area contributed by atoms with Crippen LogP contribution >= 0.6 is 0 Å². The number of phenols is 3. The number of carbonyl (C=O) groups is 1. The first-order valence-corrected chi connectivity index (χ1v) is 8.05. The second-order valence-electron chi connectivity index (χ2n) is 5.64. The van der Waals surface area contributed by atoms with Gasteiger partial charge in [-0.2, -0.15) is 0 Å². The highest BCUT2D eigenvalue weighted by Crippen LogP contribution is 2.37. The molecule has 0 amide bonds. The van der Waals surface area contributed by atoms with Crippen molar-refractivity contribution in [2.75, 3.05) is 20.8 Å². The molecule has 26 heavy (non-hydrogen) atoms. The molecule has 0 atom stereocenters. The highest BCUT2D eigenvalue weighted by Gasteiger charge is 2.12. The van der Waals surface area contributed by atoms with Crippen LogP contribution in [0.4, 0.5) is 0 Å². The summed E-state index contributed by atoms with van der Waals surface area (Å²) in [6, 6.07) is 7.75. The van der Waals surface area contributed by atoms with E-state index in [2.05, 4.69) is 0 Å². The predicted molar refractivity (Wildman–Crippen MR) is 94.0 cm³/mol. The van der Waals surface area contributed by atoms with Gasteiger partial charge in [-0.3, -0.25) is 4.79 Å². The van der Waals surface area contributed by atoms with Gasteiger partial charge in [-0.25, -0.2) is 0 Å². The summed E-state index contributed by atoms with van der Waals surface area (Å²) in [6.07, 6.45) is 1.00. The molecular weight excluding hydrogens is 340 g/mol. The van der Waals surface area contributed by atoms with Crippen molar-refractivity contribution in [1.82, 2.24) is 0 Å². The van der Waals surface area contributed by atoms with Crippen molar-refractivity contribution in [1.29, 1.82) is 0 Å². The van der Waals surface area contributed by atoms with E-state index in [1.165, 1.54) is 26.4 Å². The molecule has 0 aliphatic heterocycles. The summed E-state index contributed by atoms with van der Waals surface area (Å²) < 4.78 is 15.3. The van der Waals surface area contributed by atoms with Crippen molar-refractivity contribution in [3.05, 3.63) is 41.5 Å². The Hall–Kier alpha value is -3.09. The molecule has 0 unspecified atom stereocenters. The Morgan fingerprint density at radius 2 is 1.54 bits per heavy atom.